The van der Waals surface area contributed by atoms with Crippen molar-refractivity contribution in [2.45, 2.75) is 25.2 Å². The second kappa shape index (κ2) is 4.90. The highest BCUT2D eigenvalue weighted by molar-refractivity contribution is 5.70. The Hall–Kier alpha value is -0.980. The first-order valence-corrected chi connectivity index (χ1v) is 3.64. The molecule has 0 saturated carbocycles. The maximum Gasteiger partial charge on any atom is 0.308 e. The van der Waals surface area contributed by atoms with Crippen molar-refractivity contribution in [1.82, 2.24) is 0 Å². The zero-order chi connectivity index (χ0) is 10.6. The first kappa shape index (κ1) is 12.0. The summed E-state index contributed by atoms with van der Waals surface area (Å²) in [6.07, 6.45) is -5.18. The summed E-state index contributed by atoms with van der Waals surface area (Å²) in [6.45, 7) is 1.16. The van der Waals surface area contributed by atoms with E-state index in [9.17, 15) is 9.59 Å². The molecule has 0 aromatic rings. The fraction of sp³-hybridized carbons (Fsp3) is 0.714. The van der Waals surface area contributed by atoms with Gasteiger partial charge in [-0.3, -0.25) is 4.79 Å². The van der Waals surface area contributed by atoms with Gasteiger partial charge in [0.1, 0.15) is 12.2 Å². The van der Waals surface area contributed by atoms with E-state index in [-0.39, 0.29) is 6.29 Å². The van der Waals surface area contributed by atoms with E-state index < -0.39 is 30.2 Å². The number of rotatable bonds is 5. The quantitative estimate of drug-likeness (QED) is 0.374. The molecule has 0 radical (unpaired) electrons. The van der Waals surface area contributed by atoms with Crippen LogP contribution in [-0.2, 0) is 9.59 Å². The number of aliphatic carboxylic acids is 1. The van der Waals surface area contributed by atoms with Crippen molar-refractivity contribution >= 4 is 12.3 Å². The summed E-state index contributed by atoms with van der Waals surface area (Å²) in [5.74, 6) is -2.56. The van der Waals surface area contributed by atoms with Crippen LogP contribution in [0.15, 0.2) is 0 Å². The molecule has 6 nitrogen and oxygen atoms in total. The largest absolute Gasteiger partial charge is 0.481 e. The van der Waals surface area contributed by atoms with E-state index in [4.69, 9.17) is 20.4 Å². The Kier molecular flexibility index (Phi) is 4.53. The molecule has 0 spiro atoms. The molecule has 0 saturated heterocycles. The van der Waals surface area contributed by atoms with Gasteiger partial charge < -0.3 is 25.2 Å². The number of carboxylic acids is 1. The van der Waals surface area contributed by atoms with Gasteiger partial charge in [0.2, 0.25) is 0 Å². The van der Waals surface area contributed by atoms with E-state index in [1.165, 1.54) is 0 Å². The van der Waals surface area contributed by atoms with Crippen molar-refractivity contribution in [3.05, 3.63) is 0 Å². The van der Waals surface area contributed by atoms with Gasteiger partial charge in [-0.05, 0) is 6.92 Å². The summed E-state index contributed by atoms with van der Waals surface area (Å²) in [5.41, 5.74) is 0. The maximum absolute atomic E-state index is 10.3. The van der Waals surface area contributed by atoms with Crippen LogP contribution in [0.5, 0.6) is 0 Å². The van der Waals surface area contributed by atoms with Gasteiger partial charge in [0, 0.05) is 0 Å². The van der Waals surface area contributed by atoms with Crippen molar-refractivity contribution in [1.29, 1.82) is 0 Å². The number of carbonyl (C=O) groups is 2. The highest BCUT2D eigenvalue weighted by Gasteiger charge is 2.32. The molecule has 0 rings (SSSR count). The molecule has 6 heteroatoms. The molecule has 76 valence electrons. The number of hydrogen-bond donors (Lipinski definition) is 4. The summed E-state index contributed by atoms with van der Waals surface area (Å²) in [4.78, 5) is 20.3. The van der Waals surface area contributed by atoms with Gasteiger partial charge in [0.05, 0.1) is 12.0 Å². The van der Waals surface area contributed by atoms with Crippen molar-refractivity contribution in [3.8, 4) is 0 Å². The van der Waals surface area contributed by atoms with Crippen LogP contribution in [0.1, 0.15) is 6.92 Å². The molecule has 0 bridgehead atoms. The van der Waals surface area contributed by atoms with Gasteiger partial charge in [0.25, 0.3) is 0 Å². The highest BCUT2D eigenvalue weighted by Crippen LogP contribution is 2.09. The Morgan fingerprint density at radius 3 is 2.00 bits per heavy atom. The number of hydrogen-bond acceptors (Lipinski definition) is 5. The molecule has 0 unspecified atom stereocenters. The lowest BCUT2D eigenvalue weighted by atomic mass is 9.97. The highest BCUT2D eigenvalue weighted by atomic mass is 16.4. The van der Waals surface area contributed by atoms with Gasteiger partial charge in [-0.1, -0.05) is 0 Å². The average molecular weight is 192 g/mol. The second-order valence-corrected chi connectivity index (χ2v) is 2.73. The summed E-state index contributed by atoms with van der Waals surface area (Å²) in [5, 5.41) is 35.3. The van der Waals surface area contributed by atoms with Gasteiger partial charge in [-0.15, -0.1) is 0 Å². The molecule has 0 aliphatic carbocycles. The second-order valence-electron chi connectivity index (χ2n) is 2.73. The first-order valence-electron chi connectivity index (χ1n) is 3.64. The monoisotopic (exact) mass is 192 g/mol. The van der Waals surface area contributed by atoms with E-state index in [2.05, 4.69) is 0 Å². The lowest BCUT2D eigenvalue weighted by molar-refractivity contribution is -0.152. The SMILES string of the molecule is C[C@H](C(=O)O)[C@@H](O)[C@H](O)[C@@H](O)C=O. The number of carboxylic acid groups (broad SMARTS) is 1. The van der Waals surface area contributed by atoms with Crippen LogP contribution in [0, 0.1) is 5.92 Å². The molecule has 0 aliphatic heterocycles. The standard InChI is InChI=1S/C7H12O6/c1-3(7(12)13)5(10)6(11)4(9)2-8/h2-6,9-11H,1H3,(H,12,13)/t3-,4-,5+,6+/m0/s1. The molecule has 0 fully saturated rings. The van der Waals surface area contributed by atoms with Crippen LogP contribution in [-0.4, -0.2) is 51.0 Å². The zero-order valence-corrected chi connectivity index (χ0v) is 6.99. The minimum absolute atomic E-state index is 0.0302. The number of aldehydes is 1. The molecule has 0 aliphatic rings. The summed E-state index contributed by atoms with van der Waals surface area (Å²) < 4.78 is 0. The average Bonchev–Trinajstić information content (AvgIpc) is 2.12. The minimum Gasteiger partial charge on any atom is -0.481 e. The minimum atomic E-state index is -1.77. The third-order valence-electron chi connectivity index (χ3n) is 1.74. The Morgan fingerprint density at radius 1 is 1.23 bits per heavy atom. The molecule has 0 amide bonds. The fourth-order valence-electron chi connectivity index (χ4n) is 0.724. The van der Waals surface area contributed by atoms with E-state index in [0.29, 0.717) is 0 Å². The van der Waals surface area contributed by atoms with Gasteiger partial charge in [0.15, 0.2) is 6.29 Å². The molecular formula is C7H12O6. The summed E-state index contributed by atoms with van der Waals surface area (Å²) in [7, 11) is 0. The Morgan fingerprint density at radius 2 is 1.69 bits per heavy atom. The van der Waals surface area contributed by atoms with Crippen LogP contribution < -0.4 is 0 Å². The molecule has 0 aromatic carbocycles. The van der Waals surface area contributed by atoms with Crippen molar-refractivity contribution in [2.75, 3.05) is 0 Å². The lowest BCUT2D eigenvalue weighted by Gasteiger charge is -2.22. The van der Waals surface area contributed by atoms with Crippen LogP contribution in [0.25, 0.3) is 0 Å². The lowest BCUT2D eigenvalue weighted by Crippen LogP contribution is -2.44. The normalized spacial score (nSPS) is 20.0. The van der Waals surface area contributed by atoms with Crippen molar-refractivity contribution < 1.29 is 30.0 Å². The van der Waals surface area contributed by atoms with E-state index in [1.54, 1.807) is 0 Å². The Balaban J connectivity index is 4.32. The predicted molar refractivity (Wildman–Crippen MR) is 40.9 cm³/mol. The number of carbonyl (C=O) groups excluding carboxylic acids is 1. The third-order valence-corrected chi connectivity index (χ3v) is 1.74. The molecule has 13 heavy (non-hydrogen) atoms. The van der Waals surface area contributed by atoms with E-state index in [1.807, 2.05) is 0 Å². The summed E-state index contributed by atoms with van der Waals surface area (Å²) >= 11 is 0. The molecule has 0 heterocycles. The smallest absolute Gasteiger partial charge is 0.308 e. The number of aliphatic hydroxyl groups is 3. The first-order chi connectivity index (χ1) is 5.91. The fourth-order valence-corrected chi connectivity index (χ4v) is 0.724. The summed E-state index contributed by atoms with van der Waals surface area (Å²) in [6, 6.07) is 0. The zero-order valence-electron chi connectivity index (χ0n) is 6.99. The van der Waals surface area contributed by atoms with E-state index in [0.717, 1.165) is 6.92 Å². The number of aliphatic hydroxyl groups excluding tert-OH is 3. The van der Waals surface area contributed by atoms with E-state index >= 15 is 0 Å². The van der Waals surface area contributed by atoms with Crippen LogP contribution >= 0.6 is 0 Å². The van der Waals surface area contributed by atoms with Crippen LogP contribution in [0.4, 0.5) is 0 Å². The van der Waals surface area contributed by atoms with Crippen LogP contribution in [0.2, 0.25) is 0 Å². The molecular weight excluding hydrogens is 180 g/mol. The molecule has 0 aromatic heterocycles. The Labute approximate surface area is 74.4 Å². The van der Waals surface area contributed by atoms with Crippen molar-refractivity contribution in [2.24, 2.45) is 5.92 Å². The predicted octanol–water partition coefficient (Wildman–Crippen LogP) is -2.01. The topological polar surface area (TPSA) is 115 Å². The van der Waals surface area contributed by atoms with Gasteiger partial charge in [-0.2, -0.15) is 0 Å². The van der Waals surface area contributed by atoms with Crippen LogP contribution in [0.3, 0.4) is 0 Å². The van der Waals surface area contributed by atoms with Gasteiger partial charge in [-0.25, -0.2) is 0 Å². The van der Waals surface area contributed by atoms with Crippen molar-refractivity contribution in [3.63, 3.8) is 0 Å². The molecule has 4 N–H and O–H groups in total. The van der Waals surface area contributed by atoms with Gasteiger partial charge >= 0.3 is 5.97 Å². The third kappa shape index (κ3) is 3.10. The Bertz CT molecular complexity index is 191. The maximum atomic E-state index is 10.3. The molecule has 4 atom stereocenters.